The van der Waals surface area contributed by atoms with Gasteiger partial charge in [0, 0.05) is 49.5 Å². The van der Waals surface area contributed by atoms with Crippen molar-refractivity contribution in [3.05, 3.63) is 42.7 Å². The summed E-state index contributed by atoms with van der Waals surface area (Å²) in [6.45, 7) is 0.527. The quantitative estimate of drug-likeness (QED) is 0.664. The number of carbonyl (C=O) groups excluding carboxylic acids is 1. The van der Waals surface area contributed by atoms with Crippen molar-refractivity contribution >= 4 is 28.3 Å². The maximum atomic E-state index is 11.3. The maximum Gasteiger partial charge on any atom is 0.221 e. The average Bonchev–Trinajstić information content (AvgIpc) is 3.08. The lowest BCUT2D eigenvalue weighted by Crippen LogP contribution is -2.20. The van der Waals surface area contributed by atoms with Gasteiger partial charge in [-0.05, 0) is 24.3 Å². The van der Waals surface area contributed by atoms with Crippen molar-refractivity contribution < 1.29 is 4.79 Å². The van der Waals surface area contributed by atoms with E-state index in [1.54, 1.807) is 24.0 Å². The van der Waals surface area contributed by atoms with E-state index < -0.39 is 0 Å². The van der Waals surface area contributed by atoms with Gasteiger partial charge in [-0.25, -0.2) is 9.67 Å². The Morgan fingerprint density at radius 2 is 2.22 bits per heavy atom. The van der Waals surface area contributed by atoms with Crippen LogP contribution in [-0.2, 0) is 4.79 Å². The molecule has 3 rings (SSSR count). The summed E-state index contributed by atoms with van der Waals surface area (Å²) in [4.78, 5) is 15.7. The monoisotopic (exact) mass is 310 g/mol. The summed E-state index contributed by atoms with van der Waals surface area (Å²) in [6.07, 6.45) is 3.99. The molecule has 0 aliphatic heterocycles. The second-order valence-electron chi connectivity index (χ2n) is 5.10. The van der Waals surface area contributed by atoms with E-state index in [9.17, 15) is 4.79 Å². The van der Waals surface area contributed by atoms with Crippen LogP contribution in [0.1, 0.15) is 6.42 Å². The fourth-order valence-corrected chi connectivity index (χ4v) is 2.38. The average molecular weight is 310 g/mol. The molecule has 3 aromatic rings. The van der Waals surface area contributed by atoms with E-state index in [1.165, 1.54) is 0 Å². The number of aromatic nitrogens is 3. The molecule has 0 bridgehead atoms. The zero-order valence-electron chi connectivity index (χ0n) is 12.8. The molecule has 0 spiro atoms. The number of nitrogens with zero attached hydrogens (tertiary/aromatic N) is 3. The van der Waals surface area contributed by atoms with Crippen molar-refractivity contribution in [3.63, 3.8) is 0 Å². The van der Waals surface area contributed by atoms with E-state index >= 15 is 0 Å². The molecule has 0 aliphatic rings. The van der Waals surface area contributed by atoms with Gasteiger partial charge in [-0.1, -0.05) is 0 Å². The van der Waals surface area contributed by atoms with Crippen molar-refractivity contribution in [2.75, 3.05) is 24.6 Å². The number of hydrogen-bond acceptors (Lipinski definition) is 5. The van der Waals surface area contributed by atoms with Gasteiger partial charge in [0.2, 0.25) is 5.91 Å². The molecule has 2 heterocycles. The van der Waals surface area contributed by atoms with Gasteiger partial charge in [-0.2, -0.15) is 5.10 Å². The van der Waals surface area contributed by atoms with Crippen molar-refractivity contribution in [2.45, 2.75) is 6.42 Å². The Balaban J connectivity index is 1.91. The van der Waals surface area contributed by atoms with Crippen LogP contribution >= 0.6 is 0 Å². The first kappa shape index (κ1) is 14.8. The molecule has 0 saturated carbocycles. The first-order valence-corrected chi connectivity index (χ1v) is 7.32. The van der Waals surface area contributed by atoms with Crippen molar-refractivity contribution in [1.82, 2.24) is 20.1 Å². The van der Waals surface area contributed by atoms with Gasteiger partial charge in [-0.15, -0.1) is 0 Å². The van der Waals surface area contributed by atoms with E-state index in [0.29, 0.717) is 18.8 Å². The summed E-state index contributed by atoms with van der Waals surface area (Å²) in [6, 6.07) is 9.52. The van der Waals surface area contributed by atoms with Gasteiger partial charge >= 0.3 is 0 Å². The Kier molecular flexibility index (Phi) is 4.09. The minimum atomic E-state index is -0.00944. The molecular formula is C16H18N6O. The summed E-state index contributed by atoms with van der Waals surface area (Å²) >= 11 is 0. The number of nitrogens with one attached hydrogen (secondary N) is 2. The molecule has 2 aromatic heterocycles. The molecule has 0 saturated heterocycles. The summed E-state index contributed by atoms with van der Waals surface area (Å²) < 4.78 is 1.77. The van der Waals surface area contributed by atoms with Crippen LogP contribution in [-0.4, -0.2) is 34.3 Å². The number of amides is 1. The Hall–Kier alpha value is -3.09. The Labute approximate surface area is 133 Å². The first-order valence-electron chi connectivity index (χ1n) is 7.32. The predicted molar refractivity (Wildman–Crippen MR) is 90.5 cm³/mol. The van der Waals surface area contributed by atoms with Crippen LogP contribution in [0.4, 0.5) is 11.5 Å². The number of fused-ring (bicyclic) bond motifs is 1. The normalized spacial score (nSPS) is 10.7. The van der Waals surface area contributed by atoms with Crippen LogP contribution in [0.15, 0.2) is 42.7 Å². The molecule has 7 heteroatoms. The highest BCUT2D eigenvalue weighted by Crippen LogP contribution is 2.26. The number of carbonyl (C=O) groups is 1. The Morgan fingerprint density at radius 3 is 2.96 bits per heavy atom. The maximum absolute atomic E-state index is 11.3. The summed E-state index contributed by atoms with van der Waals surface area (Å²) in [7, 11) is 1.62. The third kappa shape index (κ3) is 3.23. The number of rotatable bonds is 5. The predicted octanol–water partition coefficient (Wildman–Crippen LogP) is 1.55. The van der Waals surface area contributed by atoms with Crippen LogP contribution in [0.3, 0.4) is 0 Å². The molecule has 1 aromatic carbocycles. The van der Waals surface area contributed by atoms with Crippen molar-refractivity contribution in [1.29, 1.82) is 0 Å². The number of benzene rings is 1. The second-order valence-corrected chi connectivity index (χ2v) is 5.10. The molecule has 1 amide bonds. The molecule has 4 N–H and O–H groups in total. The minimum Gasteiger partial charge on any atom is -0.384 e. The topological polar surface area (TPSA) is 97.9 Å². The highest BCUT2D eigenvalue weighted by Gasteiger charge is 2.07. The van der Waals surface area contributed by atoms with Gasteiger partial charge in [0.05, 0.1) is 11.2 Å². The highest BCUT2D eigenvalue weighted by atomic mass is 16.1. The molecule has 0 radical (unpaired) electrons. The Morgan fingerprint density at radius 1 is 1.35 bits per heavy atom. The molecule has 0 aliphatic carbocycles. The number of nitrogen functional groups attached to an aromatic ring is 1. The molecule has 7 nitrogen and oxygen atoms in total. The number of anilines is 2. The van der Waals surface area contributed by atoms with Crippen LogP contribution in [0.5, 0.6) is 0 Å². The smallest absolute Gasteiger partial charge is 0.221 e. The summed E-state index contributed by atoms with van der Waals surface area (Å²) in [5.41, 5.74) is 8.45. The molecule has 0 atom stereocenters. The SMILES string of the molecule is CNC(=O)CCNc1cc(N)nc2cc(-n3cccn3)ccc12. The highest BCUT2D eigenvalue weighted by molar-refractivity contribution is 5.94. The second kappa shape index (κ2) is 6.35. The molecule has 0 fully saturated rings. The molecule has 0 unspecified atom stereocenters. The van der Waals surface area contributed by atoms with Crippen LogP contribution in [0, 0.1) is 0 Å². The third-order valence-electron chi connectivity index (χ3n) is 3.53. The zero-order valence-corrected chi connectivity index (χ0v) is 12.8. The standard InChI is InChI=1S/C16H18N6O/c1-18-16(23)5-7-19-13-10-15(17)21-14-9-11(3-4-12(13)14)22-8-2-6-20-22/h2-4,6,8-10H,5,7H2,1H3,(H,18,23)(H3,17,19,21). The Bertz CT molecular complexity index is 828. The van der Waals surface area contributed by atoms with Gasteiger partial charge in [0.25, 0.3) is 0 Å². The lowest BCUT2D eigenvalue weighted by molar-refractivity contribution is -0.120. The van der Waals surface area contributed by atoms with E-state index in [-0.39, 0.29) is 5.91 Å². The number of hydrogen-bond donors (Lipinski definition) is 3. The summed E-state index contributed by atoms with van der Waals surface area (Å²) in [5.74, 6) is 0.419. The van der Waals surface area contributed by atoms with E-state index in [1.807, 2.05) is 30.5 Å². The number of pyridine rings is 1. The molecule has 118 valence electrons. The summed E-state index contributed by atoms with van der Waals surface area (Å²) in [5, 5.41) is 11.0. The molecule has 23 heavy (non-hydrogen) atoms. The van der Waals surface area contributed by atoms with Gasteiger partial charge in [0.15, 0.2) is 0 Å². The number of nitrogens with two attached hydrogens (primary N) is 1. The van der Waals surface area contributed by atoms with Gasteiger partial charge < -0.3 is 16.4 Å². The van der Waals surface area contributed by atoms with E-state index in [0.717, 1.165) is 22.3 Å². The van der Waals surface area contributed by atoms with Crippen LogP contribution in [0.2, 0.25) is 0 Å². The van der Waals surface area contributed by atoms with Crippen LogP contribution in [0.25, 0.3) is 16.6 Å². The van der Waals surface area contributed by atoms with Gasteiger partial charge in [0.1, 0.15) is 5.82 Å². The van der Waals surface area contributed by atoms with E-state index in [4.69, 9.17) is 5.73 Å². The largest absolute Gasteiger partial charge is 0.384 e. The van der Waals surface area contributed by atoms with Crippen molar-refractivity contribution in [3.8, 4) is 5.69 Å². The lowest BCUT2D eigenvalue weighted by Gasteiger charge is -2.11. The first-order chi connectivity index (χ1) is 11.2. The zero-order chi connectivity index (χ0) is 16.2. The van der Waals surface area contributed by atoms with E-state index in [2.05, 4.69) is 20.7 Å². The van der Waals surface area contributed by atoms with Gasteiger partial charge in [-0.3, -0.25) is 4.79 Å². The molecular weight excluding hydrogens is 292 g/mol. The third-order valence-corrected chi connectivity index (χ3v) is 3.53. The van der Waals surface area contributed by atoms with Crippen molar-refractivity contribution in [2.24, 2.45) is 0 Å². The fraction of sp³-hybridized carbons (Fsp3) is 0.188. The fourth-order valence-electron chi connectivity index (χ4n) is 2.38. The minimum absolute atomic E-state index is 0.00944. The van der Waals surface area contributed by atoms with Crippen LogP contribution < -0.4 is 16.4 Å². The lowest BCUT2D eigenvalue weighted by atomic mass is 10.1.